The fraction of sp³-hybridized carbons (Fsp3) is 0.417. The molecule has 0 unspecified atom stereocenters. The number of hydrogen-bond acceptors (Lipinski definition) is 2. The highest BCUT2D eigenvalue weighted by molar-refractivity contribution is 5.99. The molecule has 0 fully saturated rings. The number of rotatable bonds is 3. The Labute approximate surface area is 103 Å². The summed E-state index contributed by atoms with van der Waals surface area (Å²) in [6.07, 6.45) is -4.41. The maximum Gasteiger partial charge on any atom is 0.406 e. The molecule has 1 amide bonds. The number of para-hydroxylation sites is 1. The number of anilines is 1. The molecule has 0 aliphatic heterocycles. The highest BCUT2D eigenvalue weighted by Crippen LogP contribution is 2.21. The lowest BCUT2D eigenvalue weighted by Gasteiger charge is -2.23. The normalized spacial score (nSPS) is 11.4. The van der Waals surface area contributed by atoms with Crippen LogP contribution in [-0.4, -0.2) is 30.1 Å². The predicted octanol–water partition coefficient (Wildman–Crippen LogP) is 2.60. The predicted molar refractivity (Wildman–Crippen MR) is 63.2 cm³/mol. The van der Waals surface area contributed by atoms with Crippen LogP contribution in [0.5, 0.6) is 0 Å². The van der Waals surface area contributed by atoms with Crippen LogP contribution in [-0.2, 0) is 0 Å². The largest absolute Gasteiger partial charge is 0.406 e. The van der Waals surface area contributed by atoms with Crippen molar-refractivity contribution in [2.75, 3.05) is 18.8 Å². The van der Waals surface area contributed by atoms with Crippen LogP contribution >= 0.6 is 0 Å². The summed E-state index contributed by atoms with van der Waals surface area (Å²) in [6, 6.07) is 4.73. The lowest BCUT2D eigenvalue weighted by atomic mass is 10.1. The molecular formula is C12H15F3N2O. The lowest BCUT2D eigenvalue weighted by molar-refractivity contribution is -0.140. The molecule has 18 heavy (non-hydrogen) atoms. The summed E-state index contributed by atoms with van der Waals surface area (Å²) in [4.78, 5) is 12.7. The van der Waals surface area contributed by atoms with Gasteiger partial charge in [-0.3, -0.25) is 4.79 Å². The average molecular weight is 260 g/mol. The van der Waals surface area contributed by atoms with E-state index in [9.17, 15) is 18.0 Å². The van der Waals surface area contributed by atoms with E-state index in [1.165, 1.54) is 13.0 Å². The Morgan fingerprint density at radius 3 is 2.50 bits per heavy atom. The first-order valence-corrected chi connectivity index (χ1v) is 5.47. The third-order valence-corrected chi connectivity index (χ3v) is 2.59. The van der Waals surface area contributed by atoms with Crippen molar-refractivity contribution in [3.05, 3.63) is 29.3 Å². The van der Waals surface area contributed by atoms with Gasteiger partial charge in [-0.1, -0.05) is 12.1 Å². The number of benzene rings is 1. The van der Waals surface area contributed by atoms with Crippen LogP contribution in [0.4, 0.5) is 18.9 Å². The fourth-order valence-electron chi connectivity index (χ4n) is 1.58. The first-order valence-electron chi connectivity index (χ1n) is 5.47. The molecule has 0 heterocycles. The van der Waals surface area contributed by atoms with Crippen LogP contribution < -0.4 is 5.73 Å². The maximum absolute atomic E-state index is 12.3. The van der Waals surface area contributed by atoms with E-state index in [0.29, 0.717) is 5.56 Å². The molecule has 0 aliphatic carbocycles. The van der Waals surface area contributed by atoms with Gasteiger partial charge in [-0.25, -0.2) is 0 Å². The summed E-state index contributed by atoms with van der Waals surface area (Å²) < 4.78 is 37.0. The zero-order valence-electron chi connectivity index (χ0n) is 10.2. The molecule has 100 valence electrons. The minimum absolute atomic E-state index is 0.0221. The Hall–Kier alpha value is -1.72. The SMILES string of the molecule is CCN(CC(F)(F)F)C(=O)c1cccc(C)c1N. The van der Waals surface area contributed by atoms with Crippen LogP contribution in [0.25, 0.3) is 0 Å². The number of hydrogen-bond donors (Lipinski definition) is 1. The minimum Gasteiger partial charge on any atom is -0.398 e. The van der Waals surface area contributed by atoms with Gasteiger partial charge < -0.3 is 10.6 Å². The second-order valence-electron chi connectivity index (χ2n) is 3.97. The van der Waals surface area contributed by atoms with Gasteiger partial charge in [0, 0.05) is 12.2 Å². The number of nitrogen functional groups attached to an aromatic ring is 1. The van der Waals surface area contributed by atoms with E-state index >= 15 is 0 Å². The van der Waals surface area contributed by atoms with Gasteiger partial charge in [0.1, 0.15) is 6.54 Å². The highest BCUT2D eigenvalue weighted by atomic mass is 19.4. The average Bonchev–Trinajstić information content (AvgIpc) is 2.27. The van der Waals surface area contributed by atoms with Gasteiger partial charge in [0.15, 0.2) is 0 Å². The van der Waals surface area contributed by atoms with Crippen molar-refractivity contribution in [3.63, 3.8) is 0 Å². The Balaban J connectivity index is 3.01. The van der Waals surface area contributed by atoms with Crippen LogP contribution in [0, 0.1) is 6.92 Å². The molecule has 1 aromatic rings. The van der Waals surface area contributed by atoms with E-state index in [4.69, 9.17) is 5.73 Å². The Bertz CT molecular complexity index is 443. The van der Waals surface area contributed by atoms with Gasteiger partial charge in [-0.2, -0.15) is 13.2 Å². The summed E-state index contributed by atoms with van der Waals surface area (Å²) in [5.74, 6) is -0.698. The number of amides is 1. The molecule has 0 atom stereocenters. The van der Waals surface area contributed by atoms with Gasteiger partial charge in [-0.05, 0) is 25.5 Å². The summed E-state index contributed by atoms with van der Waals surface area (Å²) in [6.45, 7) is 1.91. The number of carbonyl (C=O) groups is 1. The Morgan fingerprint density at radius 2 is 2.00 bits per heavy atom. The standard InChI is InChI=1S/C12H15F3N2O/c1-3-17(7-12(13,14)15)11(18)9-6-4-5-8(2)10(9)16/h4-6H,3,7,16H2,1-2H3. The van der Waals surface area contributed by atoms with E-state index in [-0.39, 0.29) is 17.8 Å². The molecule has 0 aliphatic rings. The van der Waals surface area contributed by atoms with E-state index in [0.717, 1.165) is 4.90 Å². The van der Waals surface area contributed by atoms with E-state index < -0.39 is 18.6 Å². The zero-order chi connectivity index (χ0) is 13.9. The van der Waals surface area contributed by atoms with Crippen molar-refractivity contribution in [2.24, 2.45) is 0 Å². The molecule has 0 bridgehead atoms. The van der Waals surface area contributed by atoms with Crippen LogP contribution in [0.1, 0.15) is 22.8 Å². The summed E-state index contributed by atoms with van der Waals surface area (Å²) in [7, 11) is 0. The van der Waals surface area contributed by atoms with E-state index in [1.54, 1.807) is 19.1 Å². The van der Waals surface area contributed by atoms with Crippen molar-refractivity contribution < 1.29 is 18.0 Å². The maximum atomic E-state index is 12.3. The quantitative estimate of drug-likeness (QED) is 0.849. The second-order valence-corrected chi connectivity index (χ2v) is 3.97. The van der Waals surface area contributed by atoms with Crippen molar-refractivity contribution in [3.8, 4) is 0 Å². The second kappa shape index (κ2) is 5.29. The van der Waals surface area contributed by atoms with E-state index in [1.807, 2.05) is 0 Å². The van der Waals surface area contributed by atoms with Crippen LogP contribution in [0.2, 0.25) is 0 Å². The number of alkyl halides is 3. The molecular weight excluding hydrogens is 245 g/mol. The summed E-state index contributed by atoms with van der Waals surface area (Å²) in [5.41, 5.74) is 6.72. The first kappa shape index (κ1) is 14.3. The Morgan fingerprint density at radius 1 is 1.39 bits per heavy atom. The molecule has 3 nitrogen and oxygen atoms in total. The minimum atomic E-state index is -4.41. The molecule has 0 radical (unpaired) electrons. The molecule has 2 N–H and O–H groups in total. The molecule has 0 saturated heterocycles. The van der Waals surface area contributed by atoms with Gasteiger partial charge >= 0.3 is 6.18 Å². The first-order chi connectivity index (χ1) is 8.26. The summed E-state index contributed by atoms with van der Waals surface area (Å²) in [5, 5.41) is 0. The van der Waals surface area contributed by atoms with E-state index in [2.05, 4.69) is 0 Å². The third kappa shape index (κ3) is 3.38. The molecule has 0 aromatic heterocycles. The van der Waals surface area contributed by atoms with Gasteiger partial charge in [-0.15, -0.1) is 0 Å². The van der Waals surface area contributed by atoms with Crippen molar-refractivity contribution in [1.29, 1.82) is 0 Å². The molecule has 1 rings (SSSR count). The van der Waals surface area contributed by atoms with Crippen molar-refractivity contribution in [1.82, 2.24) is 4.90 Å². The van der Waals surface area contributed by atoms with Crippen LogP contribution in [0.3, 0.4) is 0 Å². The number of nitrogens with two attached hydrogens (primary N) is 1. The Kier molecular flexibility index (Phi) is 4.21. The lowest BCUT2D eigenvalue weighted by Crippen LogP contribution is -2.39. The van der Waals surface area contributed by atoms with Gasteiger partial charge in [0.05, 0.1) is 5.56 Å². The smallest absolute Gasteiger partial charge is 0.398 e. The highest BCUT2D eigenvalue weighted by Gasteiger charge is 2.33. The van der Waals surface area contributed by atoms with Gasteiger partial charge in [0.2, 0.25) is 0 Å². The molecule has 0 spiro atoms. The monoisotopic (exact) mass is 260 g/mol. The molecule has 6 heteroatoms. The van der Waals surface area contributed by atoms with Crippen LogP contribution in [0.15, 0.2) is 18.2 Å². The van der Waals surface area contributed by atoms with Crippen molar-refractivity contribution in [2.45, 2.75) is 20.0 Å². The molecule has 0 saturated carbocycles. The number of aryl methyl sites for hydroxylation is 1. The summed E-state index contributed by atoms with van der Waals surface area (Å²) >= 11 is 0. The van der Waals surface area contributed by atoms with Gasteiger partial charge in [0.25, 0.3) is 5.91 Å². The number of halogens is 3. The molecule has 1 aromatic carbocycles. The zero-order valence-corrected chi connectivity index (χ0v) is 10.2. The van der Waals surface area contributed by atoms with Crippen molar-refractivity contribution >= 4 is 11.6 Å². The topological polar surface area (TPSA) is 46.3 Å². The number of nitrogens with zero attached hydrogens (tertiary/aromatic N) is 1. The third-order valence-electron chi connectivity index (χ3n) is 2.59. The number of carbonyl (C=O) groups excluding carboxylic acids is 1. The fourth-order valence-corrected chi connectivity index (χ4v) is 1.58.